The largest absolute Gasteiger partial charge is 0.496 e. The first-order chi connectivity index (χ1) is 13.5. The first-order valence-corrected chi connectivity index (χ1v) is 8.93. The molecule has 0 aliphatic carbocycles. The van der Waals surface area contributed by atoms with Crippen LogP contribution in [0, 0.1) is 13.8 Å². The maximum Gasteiger partial charge on any atom is 0.248 e. The number of anilines is 1. The van der Waals surface area contributed by atoms with Gasteiger partial charge in [0.1, 0.15) is 17.1 Å². The molecule has 28 heavy (non-hydrogen) atoms. The molecule has 1 aromatic heterocycles. The van der Waals surface area contributed by atoms with Gasteiger partial charge in [0.15, 0.2) is 11.5 Å². The summed E-state index contributed by atoms with van der Waals surface area (Å²) in [6.45, 7) is 6.03. The fraction of sp³-hybridized carbons (Fsp3) is 0.227. The van der Waals surface area contributed by atoms with Gasteiger partial charge in [-0.2, -0.15) is 0 Å². The minimum atomic E-state index is -0.237. The van der Waals surface area contributed by atoms with E-state index < -0.39 is 0 Å². The number of methoxy groups -OCH3 is 1. The highest BCUT2D eigenvalue weighted by Gasteiger charge is 2.16. The number of allylic oxidation sites excluding steroid dienone is 1. The van der Waals surface area contributed by atoms with Crippen molar-refractivity contribution in [2.75, 3.05) is 19.2 Å². The molecule has 2 heterocycles. The van der Waals surface area contributed by atoms with Crippen LogP contribution in [0.15, 0.2) is 40.8 Å². The van der Waals surface area contributed by atoms with Gasteiger partial charge in [0, 0.05) is 34.8 Å². The van der Waals surface area contributed by atoms with Gasteiger partial charge in [-0.15, -0.1) is 0 Å². The van der Waals surface area contributed by atoms with E-state index in [1.165, 1.54) is 0 Å². The number of ether oxygens (including phenoxy) is 3. The van der Waals surface area contributed by atoms with Crippen molar-refractivity contribution in [3.05, 3.63) is 53.3 Å². The summed E-state index contributed by atoms with van der Waals surface area (Å²) in [5.74, 6) is 2.59. The highest BCUT2D eigenvalue weighted by molar-refractivity contribution is 6.04. The Morgan fingerprint density at radius 1 is 1.14 bits per heavy atom. The standard InChI is InChI=1S/C22H21NO5/c1-12(7-22(24)23-15-5-6-18-21(8-15)27-11-26-18)16-9-17-13(2)14(3)28-20(17)10-19(16)25-4/h5-10H,11H2,1-4H3,(H,23,24)/b12-7+. The van der Waals surface area contributed by atoms with Gasteiger partial charge in [0.2, 0.25) is 12.7 Å². The number of benzene rings is 2. The van der Waals surface area contributed by atoms with E-state index in [4.69, 9.17) is 18.6 Å². The lowest BCUT2D eigenvalue weighted by atomic mass is 10.0. The normalized spacial score (nSPS) is 13.1. The van der Waals surface area contributed by atoms with Crippen LogP contribution in [0.4, 0.5) is 5.69 Å². The molecule has 4 rings (SSSR count). The lowest BCUT2D eigenvalue weighted by Gasteiger charge is -2.10. The minimum Gasteiger partial charge on any atom is -0.496 e. The van der Waals surface area contributed by atoms with Gasteiger partial charge in [-0.3, -0.25) is 4.79 Å². The van der Waals surface area contributed by atoms with Crippen molar-refractivity contribution in [2.24, 2.45) is 0 Å². The van der Waals surface area contributed by atoms with Crippen LogP contribution < -0.4 is 19.5 Å². The number of rotatable bonds is 4. The summed E-state index contributed by atoms with van der Waals surface area (Å²) in [5, 5.41) is 3.86. The predicted octanol–water partition coefficient (Wildman–Crippen LogP) is 4.83. The fourth-order valence-corrected chi connectivity index (χ4v) is 3.27. The Morgan fingerprint density at radius 2 is 1.93 bits per heavy atom. The molecule has 2 aromatic carbocycles. The van der Waals surface area contributed by atoms with Crippen molar-refractivity contribution in [1.29, 1.82) is 0 Å². The lowest BCUT2D eigenvalue weighted by molar-refractivity contribution is -0.111. The number of hydrogen-bond donors (Lipinski definition) is 1. The molecule has 0 atom stereocenters. The van der Waals surface area contributed by atoms with Crippen molar-refractivity contribution in [3.63, 3.8) is 0 Å². The molecule has 144 valence electrons. The Kier molecular flexibility index (Phi) is 4.47. The third kappa shape index (κ3) is 3.17. The van der Waals surface area contributed by atoms with Crippen molar-refractivity contribution in [1.82, 2.24) is 0 Å². The Hall–Kier alpha value is -3.41. The van der Waals surface area contributed by atoms with E-state index in [1.54, 1.807) is 31.4 Å². The van der Waals surface area contributed by atoms with Gasteiger partial charge in [-0.05, 0) is 50.1 Å². The third-order valence-corrected chi connectivity index (χ3v) is 4.91. The number of aryl methyl sites for hydroxylation is 2. The maximum atomic E-state index is 12.5. The number of fused-ring (bicyclic) bond motifs is 2. The molecule has 0 fully saturated rings. The highest BCUT2D eigenvalue weighted by atomic mass is 16.7. The number of carbonyl (C=O) groups excluding carboxylic acids is 1. The molecule has 0 spiro atoms. The number of furan rings is 1. The van der Waals surface area contributed by atoms with Crippen LogP contribution in [0.25, 0.3) is 16.5 Å². The zero-order chi connectivity index (χ0) is 19.8. The average molecular weight is 379 g/mol. The molecule has 6 nitrogen and oxygen atoms in total. The van der Waals surface area contributed by atoms with Crippen molar-refractivity contribution in [2.45, 2.75) is 20.8 Å². The van der Waals surface area contributed by atoms with E-state index in [0.29, 0.717) is 22.9 Å². The van der Waals surface area contributed by atoms with Gasteiger partial charge < -0.3 is 23.9 Å². The summed E-state index contributed by atoms with van der Waals surface area (Å²) < 4.78 is 21.9. The van der Waals surface area contributed by atoms with E-state index in [1.807, 2.05) is 32.9 Å². The first-order valence-electron chi connectivity index (χ1n) is 8.93. The van der Waals surface area contributed by atoms with E-state index in [-0.39, 0.29) is 12.7 Å². The van der Waals surface area contributed by atoms with Crippen LogP contribution >= 0.6 is 0 Å². The molecule has 3 aromatic rings. The summed E-state index contributed by atoms with van der Waals surface area (Å²) in [6.07, 6.45) is 1.55. The Bertz CT molecular complexity index is 1110. The summed E-state index contributed by atoms with van der Waals surface area (Å²) in [7, 11) is 1.60. The van der Waals surface area contributed by atoms with Crippen LogP contribution in [0.1, 0.15) is 23.8 Å². The summed E-state index contributed by atoms with van der Waals surface area (Å²) in [5.41, 5.74) is 4.13. The number of carbonyl (C=O) groups is 1. The van der Waals surface area contributed by atoms with Gasteiger partial charge in [-0.25, -0.2) is 0 Å². The highest BCUT2D eigenvalue weighted by Crippen LogP contribution is 2.36. The topological polar surface area (TPSA) is 69.9 Å². The molecule has 0 saturated heterocycles. The molecule has 0 radical (unpaired) electrons. The smallest absolute Gasteiger partial charge is 0.248 e. The Labute approximate surface area is 162 Å². The lowest BCUT2D eigenvalue weighted by Crippen LogP contribution is -2.08. The number of amides is 1. The second-order valence-corrected chi connectivity index (χ2v) is 6.72. The summed E-state index contributed by atoms with van der Waals surface area (Å²) in [6, 6.07) is 9.15. The average Bonchev–Trinajstić information content (AvgIpc) is 3.24. The van der Waals surface area contributed by atoms with Crippen LogP contribution in [-0.4, -0.2) is 19.8 Å². The van der Waals surface area contributed by atoms with Gasteiger partial charge in [0.05, 0.1) is 7.11 Å². The van der Waals surface area contributed by atoms with E-state index in [0.717, 1.165) is 33.4 Å². The van der Waals surface area contributed by atoms with E-state index in [2.05, 4.69) is 5.32 Å². The molecule has 1 aliphatic heterocycles. The zero-order valence-corrected chi connectivity index (χ0v) is 16.2. The number of nitrogens with one attached hydrogen (secondary N) is 1. The Morgan fingerprint density at radius 3 is 2.71 bits per heavy atom. The minimum absolute atomic E-state index is 0.195. The molecular weight excluding hydrogens is 358 g/mol. The zero-order valence-electron chi connectivity index (χ0n) is 16.2. The molecule has 6 heteroatoms. The first kappa shape index (κ1) is 18.0. The van der Waals surface area contributed by atoms with Crippen molar-refractivity contribution in [3.8, 4) is 17.2 Å². The quantitative estimate of drug-likeness (QED) is 0.658. The molecule has 1 aliphatic rings. The molecule has 1 N–H and O–H groups in total. The molecule has 1 amide bonds. The second-order valence-electron chi connectivity index (χ2n) is 6.72. The molecular formula is C22H21NO5. The summed E-state index contributed by atoms with van der Waals surface area (Å²) in [4.78, 5) is 12.5. The second kappa shape index (κ2) is 6.96. The third-order valence-electron chi connectivity index (χ3n) is 4.91. The van der Waals surface area contributed by atoms with Gasteiger partial charge >= 0.3 is 0 Å². The van der Waals surface area contributed by atoms with Gasteiger partial charge in [-0.1, -0.05) is 0 Å². The van der Waals surface area contributed by atoms with Crippen LogP contribution in [0.2, 0.25) is 0 Å². The SMILES string of the molecule is COc1cc2oc(C)c(C)c2cc1/C(C)=C/C(=O)Nc1ccc2c(c1)OCO2. The van der Waals surface area contributed by atoms with Crippen molar-refractivity contribution < 1.29 is 23.4 Å². The maximum absolute atomic E-state index is 12.5. The fourth-order valence-electron chi connectivity index (χ4n) is 3.27. The molecule has 0 bridgehead atoms. The van der Waals surface area contributed by atoms with Gasteiger partial charge in [0.25, 0.3) is 0 Å². The molecule has 0 unspecified atom stereocenters. The van der Waals surface area contributed by atoms with E-state index in [9.17, 15) is 4.79 Å². The monoisotopic (exact) mass is 379 g/mol. The van der Waals surface area contributed by atoms with Crippen LogP contribution in [-0.2, 0) is 4.79 Å². The van der Waals surface area contributed by atoms with Crippen LogP contribution in [0.3, 0.4) is 0 Å². The van der Waals surface area contributed by atoms with E-state index >= 15 is 0 Å². The molecule has 0 saturated carbocycles. The predicted molar refractivity (Wildman–Crippen MR) is 107 cm³/mol. The number of hydrogen-bond acceptors (Lipinski definition) is 5. The van der Waals surface area contributed by atoms with Crippen LogP contribution in [0.5, 0.6) is 17.2 Å². The summed E-state index contributed by atoms with van der Waals surface area (Å²) >= 11 is 0. The Balaban J connectivity index is 1.62. The van der Waals surface area contributed by atoms with Crippen molar-refractivity contribution >= 4 is 28.1 Å².